The summed E-state index contributed by atoms with van der Waals surface area (Å²) in [6.07, 6.45) is 7.30. The summed E-state index contributed by atoms with van der Waals surface area (Å²) in [6, 6.07) is 0.586. The number of ether oxygens (including phenoxy) is 2. The highest BCUT2D eigenvalue weighted by Crippen LogP contribution is 2.35. The summed E-state index contributed by atoms with van der Waals surface area (Å²) < 4.78 is 10.4. The van der Waals surface area contributed by atoms with Crippen molar-refractivity contribution in [2.45, 2.75) is 58.4 Å². The molecule has 0 aromatic carbocycles. The fourth-order valence-electron chi connectivity index (χ4n) is 4.59. The number of carbonyl (C=O) groups is 2. The average Bonchev–Trinajstić information content (AvgIpc) is 2.73. The molecule has 1 aliphatic carbocycles. The van der Waals surface area contributed by atoms with E-state index in [0.717, 1.165) is 64.7 Å². The third-order valence-electron chi connectivity index (χ3n) is 6.56. The highest BCUT2D eigenvalue weighted by atomic mass is 16.5. The van der Waals surface area contributed by atoms with Gasteiger partial charge in [-0.05, 0) is 51.6 Å². The Morgan fingerprint density at radius 2 is 1.82 bits per heavy atom. The third-order valence-corrected chi connectivity index (χ3v) is 6.56. The van der Waals surface area contributed by atoms with Crippen molar-refractivity contribution >= 4 is 12.1 Å². The monoisotopic (exact) mass is 396 g/mol. The first-order chi connectivity index (χ1) is 13.5. The van der Waals surface area contributed by atoms with Gasteiger partial charge in [0.05, 0.1) is 19.8 Å². The molecular weight excluding hydrogens is 356 g/mol. The quantitative estimate of drug-likeness (QED) is 0.403. The third kappa shape index (κ3) is 6.90. The van der Waals surface area contributed by atoms with Gasteiger partial charge in [0, 0.05) is 43.5 Å². The largest absolute Gasteiger partial charge is 0.382 e. The predicted molar refractivity (Wildman–Crippen MR) is 110 cm³/mol. The SMILES string of the molecule is COCCOCCNCC1(C=O)CCN(C2CCC(C(=O)C(C)C)CC2)CC1. The number of rotatable bonds is 12. The molecule has 1 saturated carbocycles. The Labute approximate surface area is 170 Å². The number of aldehydes is 1. The molecule has 6 heteroatoms. The van der Waals surface area contributed by atoms with E-state index >= 15 is 0 Å². The molecule has 6 nitrogen and oxygen atoms in total. The van der Waals surface area contributed by atoms with Gasteiger partial charge in [0.2, 0.25) is 0 Å². The van der Waals surface area contributed by atoms with Crippen molar-refractivity contribution < 1.29 is 19.1 Å². The van der Waals surface area contributed by atoms with Crippen molar-refractivity contribution in [2.75, 3.05) is 53.1 Å². The molecule has 2 fully saturated rings. The first-order valence-corrected chi connectivity index (χ1v) is 11.0. The molecule has 1 saturated heterocycles. The van der Waals surface area contributed by atoms with Crippen LogP contribution in [0.2, 0.25) is 0 Å². The van der Waals surface area contributed by atoms with Crippen molar-refractivity contribution in [2.24, 2.45) is 17.3 Å². The van der Waals surface area contributed by atoms with Crippen molar-refractivity contribution in [3.63, 3.8) is 0 Å². The molecule has 0 aromatic rings. The minimum absolute atomic E-state index is 0.155. The van der Waals surface area contributed by atoms with Crippen LogP contribution in [0.5, 0.6) is 0 Å². The fraction of sp³-hybridized carbons (Fsp3) is 0.909. The van der Waals surface area contributed by atoms with Gasteiger partial charge in [0.25, 0.3) is 0 Å². The minimum atomic E-state index is -0.242. The molecule has 0 bridgehead atoms. The van der Waals surface area contributed by atoms with Crippen LogP contribution in [0, 0.1) is 17.3 Å². The lowest BCUT2D eigenvalue weighted by Gasteiger charge is -2.44. The second-order valence-corrected chi connectivity index (χ2v) is 8.86. The van der Waals surface area contributed by atoms with Gasteiger partial charge >= 0.3 is 0 Å². The standard InChI is InChI=1S/C22H40N2O4/c1-18(2)21(26)19-4-6-20(7-5-19)24-11-8-22(17-25,9-12-24)16-23-10-13-28-15-14-27-3/h17-20,23H,4-16H2,1-3H3. The van der Waals surface area contributed by atoms with Crippen LogP contribution in [0.15, 0.2) is 0 Å². The van der Waals surface area contributed by atoms with Crippen LogP contribution in [-0.4, -0.2) is 76.1 Å². The normalized spacial score (nSPS) is 25.7. The molecule has 1 N–H and O–H groups in total. The number of nitrogens with zero attached hydrogens (tertiary/aromatic N) is 1. The predicted octanol–water partition coefficient (Wildman–Crippen LogP) is 2.30. The highest BCUT2D eigenvalue weighted by Gasteiger charge is 2.37. The van der Waals surface area contributed by atoms with Crippen molar-refractivity contribution in [3.05, 3.63) is 0 Å². The number of carbonyl (C=O) groups excluding carboxylic acids is 2. The summed E-state index contributed by atoms with van der Waals surface area (Å²) in [6.45, 7) is 9.35. The Hall–Kier alpha value is -0.820. The maximum absolute atomic E-state index is 12.2. The molecular formula is C22H40N2O4. The molecule has 0 atom stereocenters. The molecule has 0 radical (unpaired) electrons. The Bertz CT molecular complexity index is 467. The topological polar surface area (TPSA) is 67.9 Å². The van der Waals surface area contributed by atoms with E-state index in [1.165, 1.54) is 6.29 Å². The zero-order valence-electron chi connectivity index (χ0n) is 18.1. The van der Waals surface area contributed by atoms with E-state index in [2.05, 4.69) is 10.2 Å². The van der Waals surface area contributed by atoms with Crippen molar-refractivity contribution in [1.82, 2.24) is 10.2 Å². The fourth-order valence-corrected chi connectivity index (χ4v) is 4.59. The zero-order chi connectivity index (χ0) is 20.4. The van der Waals surface area contributed by atoms with Crippen LogP contribution in [0.3, 0.4) is 0 Å². The van der Waals surface area contributed by atoms with E-state index in [-0.39, 0.29) is 17.3 Å². The van der Waals surface area contributed by atoms with Crippen LogP contribution in [0.25, 0.3) is 0 Å². The summed E-state index contributed by atoms with van der Waals surface area (Å²) in [5.74, 6) is 0.863. The van der Waals surface area contributed by atoms with Gasteiger partial charge in [-0.15, -0.1) is 0 Å². The Morgan fingerprint density at radius 3 is 2.39 bits per heavy atom. The van der Waals surface area contributed by atoms with Crippen LogP contribution >= 0.6 is 0 Å². The van der Waals surface area contributed by atoms with E-state index in [0.29, 0.717) is 31.6 Å². The summed E-state index contributed by atoms with van der Waals surface area (Å²) in [7, 11) is 1.67. The van der Waals surface area contributed by atoms with Crippen LogP contribution in [0.1, 0.15) is 52.4 Å². The lowest BCUT2D eigenvalue weighted by Crippen LogP contribution is -2.50. The summed E-state index contributed by atoms with van der Waals surface area (Å²) >= 11 is 0. The van der Waals surface area contributed by atoms with E-state index < -0.39 is 0 Å². The van der Waals surface area contributed by atoms with Gasteiger partial charge in [0.1, 0.15) is 12.1 Å². The molecule has 28 heavy (non-hydrogen) atoms. The first kappa shape index (κ1) is 23.5. The molecule has 0 spiro atoms. The first-order valence-electron chi connectivity index (χ1n) is 11.0. The maximum Gasteiger partial charge on any atom is 0.138 e. The van der Waals surface area contributed by atoms with Crippen LogP contribution in [-0.2, 0) is 19.1 Å². The smallest absolute Gasteiger partial charge is 0.138 e. The molecule has 2 rings (SSSR count). The Balaban J connectivity index is 1.67. The Morgan fingerprint density at radius 1 is 1.14 bits per heavy atom. The second-order valence-electron chi connectivity index (χ2n) is 8.86. The second kappa shape index (κ2) is 12.0. The van der Waals surface area contributed by atoms with Crippen molar-refractivity contribution in [1.29, 1.82) is 0 Å². The number of hydrogen-bond acceptors (Lipinski definition) is 6. The molecule has 1 aliphatic heterocycles. The highest BCUT2D eigenvalue weighted by molar-refractivity contribution is 5.82. The summed E-state index contributed by atoms with van der Waals surface area (Å²) in [5, 5.41) is 3.39. The van der Waals surface area contributed by atoms with E-state index in [1.807, 2.05) is 13.8 Å². The number of ketones is 1. The number of hydrogen-bond donors (Lipinski definition) is 1. The lowest BCUT2D eigenvalue weighted by atomic mass is 9.76. The summed E-state index contributed by atoms with van der Waals surface area (Å²) in [4.78, 5) is 26.6. The van der Waals surface area contributed by atoms with Gasteiger partial charge in [-0.2, -0.15) is 0 Å². The van der Waals surface area contributed by atoms with Crippen LogP contribution < -0.4 is 5.32 Å². The minimum Gasteiger partial charge on any atom is -0.382 e. The maximum atomic E-state index is 12.2. The molecule has 162 valence electrons. The van der Waals surface area contributed by atoms with Crippen molar-refractivity contribution in [3.8, 4) is 0 Å². The van der Waals surface area contributed by atoms with Gasteiger partial charge in [-0.3, -0.25) is 4.79 Å². The average molecular weight is 397 g/mol. The molecule has 2 aliphatic rings. The van der Waals surface area contributed by atoms with E-state index in [1.54, 1.807) is 7.11 Å². The van der Waals surface area contributed by atoms with E-state index in [9.17, 15) is 9.59 Å². The number of likely N-dealkylation sites (tertiary alicyclic amines) is 1. The molecule has 0 unspecified atom stereocenters. The molecule has 0 aromatic heterocycles. The van der Waals surface area contributed by atoms with Crippen LogP contribution in [0.4, 0.5) is 0 Å². The summed E-state index contributed by atoms with van der Waals surface area (Å²) in [5.41, 5.74) is -0.242. The van der Waals surface area contributed by atoms with Gasteiger partial charge < -0.3 is 24.5 Å². The Kier molecular flexibility index (Phi) is 10.1. The van der Waals surface area contributed by atoms with E-state index in [4.69, 9.17) is 9.47 Å². The number of nitrogens with one attached hydrogen (secondary N) is 1. The number of Topliss-reactive ketones (excluding diaryl/α,β-unsaturated/α-hetero) is 1. The molecule has 0 amide bonds. The van der Waals surface area contributed by atoms with Gasteiger partial charge in [-0.1, -0.05) is 13.8 Å². The van der Waals surface area contributed by atoms with Gasteiger partial charge in [0.15, 0.2) is 0 Å². The molecule has 1 heterocycles. The lowest BCUT2D eigenvalue weighted by molar-refractivity contribution is -0.127. The number of methoxy groups -OCH3 is 1. The van der Waals surface area contributed by atoms with Gasteiger partial charge in [-0.25, -0.2) is 0 Å². The zero-order valence-corrected chi connectivity index (χ0v) is 18.1. The number of piperidine rings is 1.